The molecule has 0 radical (unpaired) electrons. The summed E-state index contributed by atoms with van der Waals surface area (Å²) in [5, 5.41) is 0. The molecule has 0 aromatic carbocycles. The van der Waals surface area contributed by atoms with Crippen molar-refractivity contribution in [1.82, 2.24) is 4.90 Å². The third kappa shape index (κ3) is 8.92. The molecule has 0 amide bonds. The average molecular weight is 213 g/mol. The quantitative estimate of drug-likeness (QED) is 0.484. The van der Waals surface area contributed by atoms with Crippen molar-refractivity contribution in [3.05, 3.63) is 0 Å². The Hall–Kier alpha value is -0.0400. The molecule has 0 heterocycles. The van der Waals surface area contributed by atoms with E-state index in [1.165, 1.54) is 57.8 Å². The topological polar surface area (TPSA) is 3.24 Å². The highest BCUT2D eigenvalue weighted by atomic mass is 15.1. The summed E-state index contributed by atoms with van der Waals surface area (Å²) in [6.07, 6.45) is 12.6. The fourth-order valence-corrected chi connectivity index (χ4v) is 2.08. The van der Waals surface area contributed by atoms with Gasteiger partial charge in [-0.25, -0.2) is 0 Å². The highest BCUT2D eigenvalue weighted by Gasteiger charge is 2.09. The molecule has 0 saturated carbocycles. The van der Waals surface area contributed by atoms with Gasteiger partial charge in [-0.15, -0.1) is 0 Å². The number of hydrogen-bond acceptors (Lipinski definition) is 1. The lowest BCUT2D eigenvalue weighted by Crippen LogP contribution is -2.27. The second-order valence-electron chi connectivity index (χ2n) is 4.96. The van der Waals surface area contributed by atoms with Gasteiger partial charge in [-0.3, -0.25) is 0 Å². The molecule has 0 aliphatic heterocycles. The summed E-state index contributed by atoms with van der Waals surface area (Å²) in [5.74, 6) is 0. The molecule has 0 fully saturated rings. The largest absolute Gasteiger partial charge is 0.306 e. The van der Waals surface area contributed by atoms with E-state index in [2.05, 4.69) is 32.8 Å². The molecule has 0 bridgehead atoms. The van der Waals surface area contributed by atoms with Crippen molar-refractivity contribution in [3.8, 4) is 0 Å². The van der Waals surface area contributed by atoms with Crippen LogP contribution in [0.15, 0.2) is 0 Å². The minimum Gasteiger partial charge on any atom is -0.306 e. The van der Waals surface area contributed by atoms with Gasteiger partial charge in [0.05, 0.1) is 0 Å². The van der Waals surface area contributed by atoms with Crippen molar-refractivity contribution >= 4 is 0 Å². The number of unbranched alkanes of at least 4 members (excludes halogenated alkanes) is 5. The van der Waals surface area contributed by atoms with Crippen LogP contribution in [0, 0.1) is 0 Å². The molecule has 1 heteroatoms. The Labute approximate surface area is 97.2 Å². The Morgan fingerprint density at radius 1 is 0.733 bits per heavy atom. The molecule has 0 saturated heterocycles. The fraction of sp³-hybridized carbons (Fsp3) is 1.00. The summed E-state index contributed by atoms with van der Waals surface area (Å²) in [6, 6.07) is 0.826. The monoisotopic (exact) mass is 213 g/mol. The maximum absolute atomic E-state index is 2.41. The molecule has 0 aliphatic carbocycles. The predicted molar refractivity (Wildman–Crippen MR) is 70.4 cm³/mol. The van der Waals surface area contributed by atoms with Gasteiger partial charge in [0.25, 0.3) is 0 Å². The van der Waals surface area contributed by atoms with E-state index in [1.807, 2.05) is 0 Å². The highest BCUT2D eigenvalue weighted by Crippen LogP contribution is 2.14. The van der Waals surface area contributed by atoms with Crippen molar-refractivity contribution in [1.29, 1.82) is 0 Å². The lowest BCUT2D eigenvalue weighted by atomic mass is 10.0. The Morgan fingerprint density at radius 2 is 1.27 bits per heavy atom. The first-order chi connectivity index (χ1) is 7.22. The van der Waals surface area contributed by atoms with Gasteiger partial charge in [-0.2, -0.15) is 0 Å². The number of rotatable bonds is 10. The van der Waals surface area contributed by atoms with Gasteiger partial charge in [0.15, 0.2) is 0 Å². The normalized spacial score (nSPS) is 13.4. The maximum atomic E-state index is 2.41. The van der Waals surface area contributed by atoms with Crippen LogP contribution in [0.5, 0.6) is 0 Å². The van der Waals surface area contributed by atoms with Gasteiger partial charge in [-0.05, 0) is 26.9 Å². The van der Waals surface area contributed by atoms with E-state index in [0.29, 0.717) is 0 Å². The van der Waals surface area contributed by atoms with Crippen molar-refractivity contribution in [3.63, 3.8) is 0 Å². The Kier molecular flexibility index (Phi) is 10.4. The molecule has 0 aromatic heterocycles. The zero-order chi connectivity index (χ0) is 11.5. The molecular formula is C14H31N. The summed E-state index contributed by atoms with van der Waals surface area (Å²) in [4.78, 5) is 2.41. The first-order valence-electron chi connectivity index (χ1n) is 6.88. The first kappa shape index (κ1) is 15.0. The van der Waals surface area contributed by atoms with Gasteiger partial charge in [0.1, 0.15) is 0 Å². The third-order valence-electron chi connectivity index (χ3n) is 3.26. The number of hydrogen-bond donors (Lipinski definition) is 0. The van der Waals surface area contributed by atoms with E-state index >= 15 is 0 Å². The molecule has 15 heavy (non-hydrogen) atoms. The van der Waals surface area contributed by atoms with Gasteiger partial charge in [0.2, 0.25) is 0 Å². The molecule has 1 atom stereocenters. The van der Waals surface area contributed by atoms with E-state index in [4.69, 9.17) is 0 Å². The van der Waals surface area contributed by atoms with Crippen molar-refractivity contribution in [2.75, 3.05) is 14.1 Å². The zero-order valence-electron chi connectivity index (χ0n) is 11.4. The predicted octanol–water partition coefficient (Wildman–Crippen LogP) is 4.47. The lowest BCUT2D eigenvalue weighted by Gasteiger charge is -2.24. The third-order valence-corrected chi connectivity index (χ3v) is 3.26. The van der Waals surface area contributed by atoms with Crippen LogP contribution >= 0.6 is 0 Å². The first-order valence-corrected chi connectivity index (χ1v) is 6.88. The van der Waals surface area contributed by atoms with Crippen LogP contribution < -0.4 is 0 Å². The van der Waals surface area contributed by atoms with E-state index < -0.39 is 0 Å². The van der Waals surface area contributed by atoms with Crippen LogP contribution in [0.2, 0.25) is 0 Å². The minimum atomic E-state index is 0.826. The smallest absolute Gasteiger partial charge is 0.00891 e. The molecule has 0 aromatic rings. The molecule has 1 unspecified atom stereocenters. The van der Waals surface area contributed by atoms with Gasteiger partial charge < -0.3 is 4.90 Å². The van der Waals surface area contributed by atoms with E-state index in [1.54, 1.807) is 0 Å². The molecular weight excluding hydrogens is 182 g/mol. The van der Waals surface area contributed by atoms with Crippen LogP contribution in [0.4, 0.5) is 0 Å². The summed E-state index contributed by atoms with van der Waals surface area (Å²) >= 11 is 0. The second-order valence-corrected chi connectivity index (χ2v) is 4.96. The molecule has 0 aliphatic rings. The Morgan fingerprint density at radius 3 is 1.80 bits per heavy atom. The van der Waals surface area contributed by atoms with Crippen molar-refractivity contribution in [2.24, 2.45) is 0 Å². The molecule has 0 N–H and O–H groups in total. The van der Waals surface area contributed by atoms with Crippen LogP contribution in [0.3, 0.4) is 0 Å². The van der Waals surface area contributed by atoms with Crippen LogP contribution in [0.25, 0.3) is 0 Å². The summed E-state index contributed by atoms with van der Waals surface area (Å²) in [5.41, 5.74) is 0. The summed E-state index contributed by atoms with van der Waals surface area (Å²) in [6.45, 7) is 4.57. The van der Waals surface area contributed by atoms with Crippen molar-refractivity contribution < 1.29 is 0 Å². The zero-order valence-corrected chi connectivity index (χ0v) is 11.4. The van der Waals surface area contributed by atoms with E-state index in [-0.39, 0.29) is 0 Å². The van der Waals surface area contributed by atoms with E-state index in [9.17, 15) is 0 Å². The molecule has 1 nitrogen and oxygen atoms in total. The van der Waals surface area contributed by atoms with Crippen LogP contribution in [-0.4, -0.2) is 25.0 Å². The summed E-state index contributed by atoms with van der Waals surface area (Å²) < 4.78 is 0. The molecule has 0 spiro atoms. The van der Waals surface area contributed by atoms with E-state index in [0.717, 1.165) is 6.04 Å². The van der Waals surface area contributed by atoms with Crippen LogP contribution in [-0.2, 0) is 0 Å². The Bertz CT molecular complexity index is 121. The lowest BCUT2D eigenvalue weighted by molar-refractivity contribution is 0.253. The second kappa shape index (κ2) is 10.5. The standard InChI is InChI=1S/C14H31N/c1-5-7-9-10-11-13-14(15(3)4)12-8-6-2/h14H,5-13H2,1-4H3. The minimum absolute atomic E-state index is 0.826. The molecule has 0 rings (SSSR count). The van der Waals surface area contributed by atoms with Gasteiger partial charge in [-0.1, -0.05) is 58.8 Å². The SMILES string of the molecule is CCCCCCCC(CCCC)N(C)C. The maximum Gasteiger partial charge on any atom is 0.00891 e. The Balaban J connectivity index is 3.48. The van der Waals surface area contributed by atoms with Crippen molar-refractivity contribution in [2.45, 2.75) is 77.7 Å². The van der Waals surface area contributed by atoms with Gasteiger partial charge >= 0.3 is 0 Å². The average Bonchev–Trinajstić information content (AvgIpc) is 2.21. The highest BCUT2D eigenvalue weighted by molar-refractivity contribution is 4.66. The number of nitrogens with zero attached hydrogens (tertiary/aromatic N) is 1. The molecule has 92 valence electrons. The van der Waals surface area contributed by atoms with Crippen LogP contribution in [0.1, 0.15) is 71.6 Å². The fourth-order valence-electron chi connectivity index (χ4n) is 2.08. The summed E-state index contributed by atoms with van der Waals surface area (Å²) in [7, 11) is 4.46. The van der Waals surface area contributed by atoms with Gasteiger partial charge in [0, 0.05) is 6.04 Å².